The maximum absolute atomic E-state index is 15.5. The van der Waals surface area contributed by atoms with Crippen LogP contribution in [-0.2, 0) is 5.41 Å². The van der Waals surface area contributed by atoms with Gasteiger partial charge in [-0.15, -0.1) is 0 Å². The van der Waals surface area contributed by atoms with Crippen LogP contribution in [0.15, 0.2) is 329 Å². The van der Waals surface area contributed by atoms with E-state index in [1.54, 1.807) is 25.3 Å². The highest BCUT2D eigenvalue weighted by Crippen LogP contribution is 2.54. The molecule has 1 aliphatic carbocycles. The molecular weight excluding hydrogens is 1220 g/mol. The van der Waals surface area contributed by atoms with Crippen molar-refractivity contribution in [3.8, 4) is 136 Å². The van der Waals surface area contributed by atoms with Gasteiger partial charge in [0.05, 0.1) is 5.41 Å². The highest BCUT2D eigenvalue weighted by Gasteiger charge is 2.47. The Morgan fingerprint density at radius 2 is 0.404 bits per heavy atom. The van der Waals surface area contributed by atoms with Crippen LogP contribution in [0.3, 0.4) is 0 Å². The minimum atomic E-state index is -1.21. The number of carbonyl (C=O) groups excluding carboxylic acids is 1. The Bertz CT molecular complexity index is 5100. The van der Waals surface area contributed by atoms with Gasteiger partial charge in [0.1, 0.15) is 25.3 Å². The average Bonchev–Trinajstić information content (AvgIpc) is 0.695. The molecule has 99 heavy (non-hydrogen) atoms. The van der Waals surface area contributed by atoms with Gasteiger partial charge in [-0.1, -0.05) is 243 Å². The van der Waals surface area contributed by atoms with Crippen LogP contribution in [0.5, 0.6) is 0 Å². The molecule has 12 aromatic carbocycles. The minimum Gasteiger partial charge on any atom is -0.289 e. The molecule has 13 nitrogen and oxygen atoms in total. The number of aromatic nitrogens is 12. The Balaban J connectivity index is 0.922. The lowest BCUT2D eigenvalue weighted by molar-refractivity contribution is 0.103. The molecule has 13 heteroatoms. The van der Waals surface area contributed by atoms with Gasteiger partial charge in [0.15, 0.2) is 52.4 Å². The predicted octanol–water partition coefficient (Wildman–Crippen LogP) is 18.4. The molecule has 4 heterocycles. The zero-order valence-electron chi connectivity index (χ0n) is 53.0. The van der Waals surface area contributed by atoms with Gasteiger partial charge in [-0.3, -0.25) is 4.79 Å². The summed E-state index contributed by atoms with van der Waals surface area (Å²) in [6, 6.07) is 103. The molecule has 0 saturated carbocycles. The largest absolute Gasteiger partial charge is 0.289 e. The van der Waals surface area contributed by atoms with Gasteiger partial charge in [0, 0.05) is 55.6 Å². The number of fused-ring (bicyclic) bond motifs is 2. The molecular formula is C86H54N12O. The van der Waals surface area contributed by atoms with Crippen molar-refractivity contribution in [2.45, 2.75) is 5.41 Å². The van der Waals surface area contributed by atoms with E-state index < -0.39 is 5.41 Å². The van der Waals surface area contributed by atoms with Crippen LogP contribution >= 0.6 is 0 Å². The van der Waals surface area contributed by atoms with E-state index in [-0.39, 0.29) is 5.78 Å². The quantitative estimate of drug-likeness (QED) is 0.101. The standard InChI is InChI=1S/C86H54N12O/c99-77-73-37-13-15-39-75(73)86(76-40-16-14-38-74(76)77,71-47-67(59-29-17-33-63(41-59)82-91-51-87-78(95-82)55-21-5-1-6-22-55)45-68(48-71)60-30-18-34-64(42-60)83-92-52-88-79(96-83)56-23-7-2-8-24-56)72-49-69(61-31-19-35-65(43-61)84-93-53-89-80(97-84)57-25-9-3-10-26-57)46-70(50-72)62-32-20-36-66(44-62)85-94-54-90-81(98-85)58-27-11-4-12-28-58/h1-54H. The summed E-state index contributed by atoms with van der Waals surface area (Å²) in [6.45, 7) is 0. The number of ketones is 1. The van der Waals surface area contributed by atoms with Crippen LogP contribution in [0.1, 0.15) is 38.2 Å². The van der Waals surface area contributed by atoms with Crippen molar-refractivity contribution in [1.82, 2.24) is 59.8 Å². The van der Waals surface area contributed by atoms with E-state index in [1.807, 2.05) is 206 Å². The topological polar surface area (TPSA) is 172 Å². The molecule has 0 fully saturated rings. The first kappa shape index (κ1) is 59.1. The molecule has 0 bridgehead atoms. The fourth-order valence-corrected chi connectivity index (χ4v) is 13.4. The number of benzene rings is 12. The number of hydrogen-bond acceptors (Lipinski definition) is 13. The lowest BCUT2D eigenvalue weighted by Gasteiger charge is -2.42. The van der Waals surface area contributed by atoms with Crippen LogP contribution in [-0.4, -0.2) is 65.6 Å². The Labute approximate surface area is 570 Å². The van der Waals surface area contributed by atoms with Crippen LogP contribution in [0.2, 0.25) is 0 Å². The molecule has 4 aromatic heterocycles. The fraction of sp³-hybridized carbons (Fsp3) is 0.0116. The van der Waals surface area contributed by atoms with E-state index >= 15 is 4.79 Å². The van der Waals surface area contributed by atoms with Gasteiger partial charge in [-0.2, -0.15) is 0 Å². The molecule has 0 aliphatic heterocycles. The molecule has 16 aromatic rings. The monoisotopic (exact) mass is 1270 g/mol. The number of carbonyl (C=O) groups is 1. The van der Waals surface area contributed by atoms with Crippen molar-refractivity contribution >= 4 is 5.78 Å². The molecule has 0 N–H and O–H groups in total. The molecule has 17 rings (SSSR count). The van der Waals surface area contributed by atoms with Crippen LogP contribution in [0, 0.1) is 0 Å². The Morgan fingerprint density at radius 3 is 0.677 bits per heavy atom. The number of hydrogen-bond donors (Lipinski definition) is 0. The zero-order chi connectivity index (χ0) is 66.1. The first-order valence-electron chi connectivity index (χ1n) is 32.4. The minimum absolute atomic E-state index is 0.0655. The molecule has 0 spiro atoms. The van der Waals surface area contributed by atoms with Gasteiger partial charge < -0.3 is 0 Å². The lowest BCUT2D eigenvalue weighted by atomic mass is 9.58. The van der Waals surface area contributed by atoms with E-state index in [4.69, 9.17) is 39.9 Å². The third-order valence-corrected chi connectivity index (χ3v) is 18.1. The average molecular weight is 1270 g/mol. The maximum atomic E-state index is 15.5. The fourth-order valence-electron chi connectivity index (χ4n) is 13.4. The van der Waals surface area contributed by atoms with Crippen molar-refractivity contribution < 1.29 is 4.79 Å². The Hall–Kier alpha value is -13.7. The smallest absolute Gasteiger partial charge is 0.193 e. The van der Waals surface area contributed by atoms with Crippen molar-refractivity contribution in [3.05, 3.63) is 362 Å². The van der Waals surface area contributed by atoms with E-state index in [9.17, 15) is 0 Å². The van der Waals surface area contributed by atoms with Gasteiger partial charge in [0.25, 0.3) is 0 Å². The second kappa shape index (κ2) is 25.6. The van der Waals surface area contributed by atoms with E-state index in [0.717, 1.165) is 111 Å². The second-order valence-corrected chi connectivity index (χ2v) is 24.1. The van der Waals surface area contributed by atoms with Gasteiger partial charge in [-0.25, -0.2) is 59.8 Å². The normalized spacial score (nSPS) is 12.1. The van der Waals surface area contributed by atoms with E-state index in [1.165, 1.54) is 0 Å². The molecule has 1 aliphatic rings. The summed E-state index contributed by atoms with van der Waals surface area (Å²) in [5, 5.41) is 0. The van der Waals surface area contributed by atoms with Crippen LogP contribution in [0.4, 0.5) is 0 Å². The summed E-state index contributed by atoms with van der Waals surface area (Å²) in [5.41, 5.74) is 17.4. The van der Waals surface area contributed by atoms with Crippen LogP contribution in [0.25, 0.3) is 136 Å². The predicted molar refractivity (Wildman–Crippen MR) is 387 cm³/mol. The van der Waals surface area contributed by atoms with Crippen molar-refractivity contribution in [1.29, 1.82) is 0 Å². The van der Waals surface area contributed by atoms with Gasteiger partial charge in [0.2, 0.25) is 0 Å². The Morgan fingerprint density at radius 1 is 0.192 bits per heavy atom. The van der Waals surface area contributed by atoms with E-state index in [2.05, 4.69) is 117 Å². The van der Waals surface area contributed by atoms with Crippen LogP contribution < -0.4 is 0 Å². The summed E-state index contributed by atoms with van der Waals surface area (Å²) in [5.74, 6) is 4.34. The third kappa shape index (κ3) is 11.4. The highest BCUT2D eigenvalue weighted by atomic mass is 16.1. The van der Waals surface area contributed by atoms with E-state index in [0.29, 0.717) is 57.7 Å². The van der Waals surface area contributed by atoms with Gasteiger partial charge >= 0.3 is 0 Å². The van der Waals surface area contributed by atoms with Gasteiger partial charge in [-0.05, 0) is 127 Å². The maximum Gasteiger partial charge on any atom is 0.193 e. The first-order chi connectivity index (χ1) is 48.9. The third-order valence-electron chi connectivity index (χ3n) is 18.1. The SMILES string of the molecule is O=C1c2ccccc2C(c2cc(-c3cccc(-c4ncnc(-c5ccccc5)n4)c3)cc(-c3cccc(-c4ncnc(-c5ccccc5)n4)c3)c2)(c2cc(-c3cccc(-c4ncnc(-c5ccccc5)n4)c3)cc(-c3cccc(-c4ncnc(-c5ccccc5)n4)c3)c2)c2ccccc21. The molecule has 464 valence electrons. The second-order valence-electron chi connectivity index (χ2n) is 24.1. The number of nitrogens with zero attached hydrogens (tertiary/aromatic N) is 12. The summed E-state index contributed by atoms with van der Waals surface area (Å²) in [4.78, 5) is 73.0. The summed E-state index contributed by atoms with van der Waals surface area (Å²) in [6.07, 6.45) is 6.28. The highest BCUT2D eigenvalue weighted by molar-refractivity contribution is 6.14. The molecule has 0 saturated heterocycles. The molecule has 0 atom stereocenters. The van der Waals surface area contributed by atoms with Crippen molar-refractivity contribution in [3.63, 3.8) is 0 Å². The summed E-state index contributed by atoms with van der Waals surface area (Å²) >= 11 is 0. The Kier molecular flexibility index (Phi) is 15.3. The number of rotatable bonds is 14. The van der Waals surface area contributed by atoms with Crippen molar-refractivity contribution in [2.75, 3.05) is 0 Å². The summed E-state index contributed by atoms with van der Waals surface area (Å²) in [7, 11) is 0. The molecule has 0 amide bonds. The first-order valence-corrected chi connectivity index (χ1v) is 32.4. The molecule has 0 unspecified atom stereocenters. The summed E-state index contributed by atoms with van der Waals surface area (Å²) < 4.78 is 0. The molecule has 0 radical (unpaired) electrons. The zero-order valence-corrected chi connectivity index (χ0v) is 53.0. The lowest BCUT2D eigenvalue weighted by Crippen LogP contribution is -2.38. The van der Waals surface area contributed by atoms with Crippen molar-refractivity contribution in [2.24, 2.45) is 0 Å².